The van der Waals surface area contributed by atoms with Crippen LogP contribution in [-0.2, 0) is 17.8 Å². The molecule has 0 saturated carbocycles. The quantitative estimate of drug-likeness (QED) is 0.469. The van der Waals surface area contributed by atoms with Crippen molar-refractivity contribution in [2.24, 2.45) is 0 Å². The Morgan fingerprint density at radius 3 is 2.35 bits per heavy atom. The molecule has 0 amide bonds. The SMILES string of the molecule is COCCOc1c(Cl)ccc2c(=O)n(Cc3ccc(Br)cc3)c(=O)n(CC(C)(C)O)c12. The van der Waals surface area contributed by atoms with Gasteiger partial charge in [0.15, 0.2) is 5.75 Å². The number of hydrogen-bond donors (Lipinski definition) is 1. The Hall–Kier alpha value is -2.13. The fourth-order valence-electron chi connectivity index (χ4n) is 3.27. The Morgan fingerprint density at radius 2 is 1.74 bits per heavy atom. The normalized spacial score (nSPS) is 11.8. The van der Waals surface area contributed by atoms with Crippen LogP contribution in [0, 0.1) is 0 Å². The minimum Gasteiger partial charge on any atom is -0.487 e. The van der Waals surface area contributed by atoms with Crippen LogP contribution in [0.1, 0.15) is 19.4 Å². The van der Waals surface area contributed by atoms with E-state index in [1.165, 1.54) is 4.57 Å². The zero-order chi connectivity index (χ0) is 22.8. The van der Waals surface area contributed by atoms with Crippen LogP contribution in [0.5, 0.6) is 5.75 Å². The Labute approximate surface area is 192 Å². The molecule has 0 bridgehead atoms. The summed E-state index contributed by atoms with van der Waals surface area (Å²) in [5.41, 5.74) is -1.18. The molecule has 0 saturated heterocycles. The molecule has 3 aromatic rings. The molecular formula is C22H24BrClN2O5. The maximum absolute atomic E-state index is 13.4. The number of halogens is 2. The van der Waals surface area contributed by atoms with Crippen molar-refractivity contribution in [2.45, 2.75) is 32.5 Å². The molecule has 0 aliphatic rings. The molecule has 0 aliphatic carbocycles. The van der Waals surface area contributed by atoms with Crippen molar-refractivity contribution in [3.63, 3.8) is 0 Å². The summed E-state index contributed by atoms with van der Waals surface area (Å²) in [5, 5.41) is 11.0. The monoisotopic (exact) mass is 510 g/mol. The van der Waals surface area contributed by atoms with E-state index >= 15 is 0 Å². The van der Waals surface area contributed by atoms with Gasteiger partial charge in [-0.2, -0.15) is 0 Å². The summed E-state index contributed by atoms with van der Waals surface area (Å²) in [6, 6.07) is 10.5. The van der Waals surface area contributed by atoms with E-state index in [4.69, 9.17) is 21.1 Å². The zero-order valence-corrected chi connectivity index (χ0v) is 19.9. The van der Waals surface area contributed by atoms with Crippen LogP contribution in [0.4, 0.5) is 0 Å². The van der Waals surface area contributed by atoms with E-state index in [0.717, 1.165) is 14.6 Å². The van der Waals surface area contributed by atoms with Gasteiger partial charge in [0.2, 0.25) is 0 Å². The first-order valence-electron chi connectivity index (χ1n) is 9.67. The number of nitrogens with zero attached hydrogens (tertiary/aromatic N) is 2. The molecule has 0 radical (unpaired) electrons. The lowest BCUT2D eigenvalue weighted by atomic mass is 10.1. The number of methoxy groups -OCH3 is 1. The molecule has 0 spiro atoms. The van der Waals surface area contributed by atoms with Crippen molar-refractivity contribution >= 4 is 38.4 Å². The van der Waals surface area contributed by atoms with Gasteiger partial charge < -0.3 is 14.6 Å². The second-order valence-corrected chi connectivity index (χ2v) is 9.14. The van der Waals surface area contributed by atoms with Crippen LogP contribution < -0.4 is 16.0 Å². The second-order valence-electron chi connectivity index (χ2n) is 7.81. The van der Waals surface area contributed by atoms with E-state index in [9.17, 15) is 14.7 Å². The maximum Gasteiger partial charge on any atom is 0.332 e. The predicted octanol–water partition coefficient (Wildman–Crippen LogP) is 3.42. The van der Waals surface area contributed by atoms with Gasteiger partial charge in [0.05, 0.1) is 35.7 Å². The lowest BCUT2D eigenvalue weighted by molar-refractivity contribution is 0.0608. The smallest absolute Gasteiger partial charge is 0.332 e. The number of rotatable bonds is 8. The van der Waals surface area contributed by atoms with E-state index in [1.807, 2.05) is 24.3 Å². The van der Waals surface area contributed by atoms with Crippen LogP contribution in [0.15, 0.2) is 50.5 Å². The summed E-state index contributed by atoms with van der Waals surface area (Å²) in [6.07, 6.45) is 0. The molecule has 31 heavy (non-hydrogen) atoms. The van der Waals surface area contributed by atoms with Crippen LogP contribution in [0.3, 0.4) is 0 Å². The number of ether oxygens (including phenoxy) is 2. The Balaban J connectivity index is 2.28. The first-order valence-corrected chi connectivity index (χ1v) is 10.8. The molecule has 0 unspecified atom stereocenters. The van der Waals surface area contributed by atoms with Crippen LogP contribution in [0.2, 0.25) is 5.02 Å². The van der Waals surface area contributed by atoms with Crippen molar-refractivity contribution in [1.29, 1.82) is 0 Å². The summed E-state index contributed by atoms with van der Waals surface area (Å²) in [6.45, 7) is 3.72. The molecular weight excluding hydrogens is 488 g/mol. The van der Waals surface area contributed by atoms with Gasteiger partial charge in [-0.25, -0.2) is 4.79 Å². The topological polar surface area (TPSA) is 82.7 Å². The van der Waals surface area contributed by atoms with E-state index in [1.54, 1.807) is 33.1 Å². The highest BCUT2D eigenvalue weighted by Gasteiger charge is 2.23. The highest BCUT2D eigenvalue weighted by molar-refractivity contribution is 9.10. The third kappa shape index (κ3) is 5.38. The van der Waals surface area contributed by atoms with Crippen molar-refractivity contribution in [2.75, 3.05) is 20.3 Å². The van der Waals surface area contributed by atoms with Gasteiger partial charge in [-0.3, -0.25) is 13.9 Å². The first kappa shape index (κ1) is 23.5. The maximum atomic E-state index is 13.4. The molecule has 9 heteroatoms. The highest BCUT2D eigenvalue weighted by Crippen LogP contribution is 2.32. The lowest BCUT2D eigenvalue weighted by Gasteiger charge is -2.23. The minimum atomic E-state index is -1.22. The number of fused-ring (bicyclic) bond motifs is 1. The van der Waals surface area contributed by atoms with Gasteiger partial charge in [0.1, 0.15) is 12.1 Å². The van der Waals surface area contributed by atoms with Crippen LogP contribution in [-0.4, -0.2) is 40.2 Å². The molecule has 1 aromatic heterocycles. The Morgan fingerprint density at radius 1 is 1.06 bits per heavy atom. The molecule has 0 fully saturated rings. The fraction of sp³-hybridized carbons (Fsp3) is 0.364. The largest absolute Gasteiger partial charge is 0.487 e. The number of aromatic nitrogens is 2. The summed E-state index contributed by atoms with van der Waals surface area (Å²) in [7, 11) is 1.54. The van der Waals surface area contributed by atoms with Crippen molar-refractivity contribution in [3.8, 4) is 5.75 Å². The fourth-order valence-corrected chi connectivity index (χ4v) is 3.74. The average Bonchev–Trinajstić information content (AvgIpc) is 2.70. The third-order valence-electron chi connectivity index (χ3n) is 4.62. The van der Waals surface area contributed by atoms with Gasteiger partial charge in [-0.15, -0.1) is 0 Å². The van der Waals surface area contributed by atoms with E-state index in [2.05, 4.69) is 15.9 Å². The number of aliphatic hydroxyl groups is 1. The molecule has 1 N–H and O–H groups in total. The lowest BCUT2D eigenvalue weighted by Crippen LogP contribution is -2.43. The number of benzene rings is 2. The van der Waals surface area contributed by atoms with Crippen LogP contribution >= 0.6 is 27.5 Å². The minimum absolute atomic E-state index is 0.0517. The summed E-state index contributed by atoms with van der Waals surface area (Å²) >= 11 is 9.74. The summed E-state index contributed by atoms with van der Waals surface area (Å²) in [5.74, 6) is 0.213. The number of hydrogen-bond acceptors (Lipinski definition) is 5. The van der Waals surface area contributed by atoms with Gasteiger partial charge in [-0.05, 0) is 43.7 Å². The van der Waals surface area contributed by atoms with Gasteiger partial charge in [0.25, 0.3) is 5.56 Å². The average molecular weight is 512 g/mol. The molecule has 7 nitrogen and oxygen atoms in total. The first-order chi connectivity index (χ1) is 14.6. The van der Waals surface area contributed by atoms with Crippen molar-refractivity contribution in [1.82, 2.24) is 9.13 Å². The molecule has 0 aliphatic heterocycles. The Kier molecular flexibility index (Phi) is 7.26. The zero-order valence-electron chi connectivity index (χ0n) is 17.5. The molecule has 166 valence electrons. The van der Waals surface area contributed by atoms with Crippen LogP contribution in [0.25, 0.3) is 10.9 Å². The van der Waals surface area contributed by atoms with E-state index in [0.29, 0.717) is 6.61 Å². The molecule has 3 rings (SSSR count). The molecule has 0 atom stereocenters. The van der Waals surface area contributed by atoms with Gasteiger partial charge in [-0.1, -0.05) is 39.7 Å². The Bertz CT molecular complexity index is 1200. The molecule has 2 aromatic carbocycles. The summed E-state index contributed by atoms with van der Waals surface area (Å²) < 4.78 is 14.2. The predicted molar refractivity (Wildman–Crippen MR) is 124 cm³/mol. The van der Waals surface area contributed by atoms with E-state index < -0.39 is 16.9 Å². The van der Waals surface area contributed by atoms with E-state index in [-0.39, 0.29) is 41.4 Å². The van der Waals surface area contributed by atoms with Crippen molar-refractivity contribution < 1.29 is 14.6 Å². The standard InChI is InChI=1S/C22H24BrClN2O5/c1-22(2,29)13-26-18-16(8-9-17(24)19(18)31-11-10-30-3)20(27)25(21(26)28)12-14-4-6-15(23)7-5-14/h4-9,29H,10-13H2,1-3H3. The second kappa shape index (κ2) is 9.56. The van der Waals surface area contributed by atoms with Gasteiger partial charge >= 0.3 is 5.69 Å². The molecule has 1 heterocycles. The van der Waals surface area contributed by atoms with Gasteiger partial charge in [0, 0.05) is 11.6 Å². The highest BCUT2D eigenvalue weighted by atomic mass is 79.9. The third-order valence-corrected chi connectivity index (χ3v) is 5.45. The summed E-state index contributed by atoms with van der Waals surface area (Å²) in [4.78, 5) is 26.7. The van der Waals surface area contributed by atoms with Crippen molar-refractivity contribution in [3.05, 3.63) is 72.3 Å².